The van der Waals surface area contributed by atoms with Crippen molar-refractivity contribution in [3.05, 3.63) is 59.7 Å². The molecule has 140 valence electrons. The molecule has 0 saturated carbocycles. The molecule has 1 aliphatic heterocycles. The number of hydrogen-bond donors (Lipinski definition) is 1. The molecule has 2 aromatic rings. The lowest BCUT2D eigenvalue weighted by molar-refractivity contribution is 0.155. The van der Waals surface area contributed by atoms with Gasteiger partial charge in [0, 0.05) is 6.54 Å². The highest BCUT2D eigenvalue weighted by atomic mass is 16.5. The number of piperidine rings is 1. The Morgan fingerprint density at radius 3 is 2.27 bits per heavy atom. The number of likely N-dealkylation sites (tertiary alicyclic amines) is 1. The molecule has 1 saturated heterocycles. The number of aromatic hydroxyl groups is 1. The van der Waals surface area contributed by atoms with E-state index >= 15 is 0 Å². The first-order valence-electron chi connectivity index (χ1n) is 9.83. The van der Waals surface area contributed by atoms with E-state index in [2.05, 4.69) is 43.0 Å². The highest BCUT2D eigenvalue weighted by molar-refractivity contribution is 5.30. The van der Waals surface area contributed by atoms with Gasteiger partial charge in [-0.15, -0.1) is 0 Å². The second-order valence-corrected chi connectivity index (χ2v) is 7.73. The summed E-state index contributed by atoms with van der Waals surface area (Å²) in [6, 6.07) is 16.1. The number of ether oxygens (including phenoxy) is 1. The molecule has 0 aliphatic carbocycles. The van der Waals surface area contributed by atoms with Gasteiger partial charge in [0.1, 0.15) is 18.1 Å². The Morgan fingerprint density at radius 1 is 1.00 bits per heavy atom. The highest BCUT2D eigenvalue weighted by Gasteiger charge is 2.19. The average molecular weight is 354 g/mol. The number of phenolic OH excluding ortho intramolecular Hbond substituents is 1. The van der Waals surface area contributed by atoms with Crippen molar-refractivity contribution in [1.29, 1.82) is 0 Å². The summed E-state index contributed by atoms with van der Waals surface area (Å²) in [6.45, 7) is 8.48. The van der Waals surface area contributed by atoms with Crippen LogP contribution in [0.4, 0.5) is 0 Å². The van der Waals surface area contributed by atoms with Crippen LogP contribution in [0.25, 0.3) is 0 Å². The number of benzene rings is 2. The van der Waals surface area contributed by atoms with E-state index in [1.165, 1.54) is 30.4 Å². The fourth-order valence-electron chi connectivity index (χ4n) is 3.62. The highest BCUT2D eigenvalue weighted by Crippen LogP contribution is 2.23. The van der Waals surface area contributed by atoms with Gasteiger partial charge < -0.3 is 9.84 Å². The molecule has 0 atom stereocenters. The van der Waals surface area contributed by atoms with Crippen LogP contribution in [0.1, 0.15) is 43.7 Å². The molecule has 1 fully saturated rings. The van der Waals surface area contributed by atoms with Crippen molar-refractivity contribution in [2.75, 3.05) is 26.2 Å². The van der Waals surface area contributed by atoms with E-state index in [4.69, 9.17) is 4.74 Å². The van der Waals surface area contributed by atoms with Crippen molar-refractivity contribution in [2.45, 2.75) is 39.0 Å². The van der Waals surface area contributed by atoms with E-state index in [0.29, 0.717) is 12.5 Å². The Hall–Kier alpha value is -2.00. The average Bonchev–Trinajstić information content (AvgIpc) is 2.65. The first-order chi connectivity index (χ1) is 12.6. The zero-order chi connectivity index (χ0) is 18.4. The van der Waals surface area contributed by atoms with Crippen LogP contribution in [-0.4, -0.2) is 36.2 Å². The van der Waals surface area contributed by atoms with Crippen molar-refractivity contribution in [2.24, 2.45) is 5.92 Å². The summed E-state index contributed by atoms with van der Waals surface area (Å²) in [5, 5.41) is 9.29. The minimum atomic E-state index is 0.276. The molecule has 0 bridgehead atoms. The Morgan fingerprint density at radius 2 is 1.65 bits per heavy atom. The summed E-state index contributed by atoms with van der Waals surface area (Å²) < 4.78 is 5.76. The molecule has 2 aromatic carbocycles. The molecule has 3 heteroatoms. The number of hydrogen-bond acceptors (Lipinski definition) is 3. The lowest BCUT2D eigenvalue weighted by Crippen LogP contribution is -2.37. The first kappa shape index (κ1) is 18.8. The van der Waals surface area contributed by atoms with Gasteiger partial charge in [-0.05, 0) is 79.6 Å². The molecule has 3 rings (SSSR count). The summed E-state index contributed by atoms with van der Waals surface area (Å²) in [4.78, 5) is 2.50. The fourth-order valence-corrected chi connectivity index (χ4v) is 3.62. The van der Waals surface area contributed by atoms with Crippen LogP contribution >= 0.6 is 0 Å². The SMILES string of the molecule is CC(C)c1ccc(CC2CCN(CCOc3ccc(O)cc3)CC2)cc1. The summed E-state index contributed by atoms with van der Waals surface area (Å²) in [6.07, 6.45) is 3.74. The largest absolute Gasteiger partial charge is 0.508 e. The molecule has 1 N–H and O–H groups in total. The molecule has 0 aromatic heterocycles. The third-order valence-corrected chi connectivity index (χ3v) is 5.39. The third kappa shape index (κ3) is 5.50. The molecular formula is C23H31NO2. The van der Waals surface area contributed by atoms with Gasteiger partial charge in [-0.25, -0.2) is 0 Å². The summed E-state index contributed by atoms with van der Waals surface area (Å²) in [5.74, 6) is 2.51. The van der Waals surface area contributed by atoms with Crippen LogP contribution in [0, 0.1) is 5.92 Å². The Balaban J connectivity index is 1.36. The van der Waals surface area contributed by atoms with Gasteiger partial charge in [0.25, 0.3) is 0 Å². The Bertz CT molecular complexity index is 656. The predicted molar refractivity (Wildman–Crippen MR) is 107 cm³/mol. The quantitative estimate of drug-likeness (QED) is 0.772. The topological polar surface area (TPSA) is 32.7 Å². The minimum Gasteiger partial charge on any atom is -0.508 e. The number of rotatable bonds is 7. The van der Waals surface area contributed by atoms with Crippen LogP contribution in [0.15, 0.2) is 48.5 Å². The van der Waals surface area contributed by atoms with Gasteiger partial charge in [-0.1, -0.05) is 38.1 Å². The summed E-state index contributed by atoms with van der Waals surface area (Å²) in [7, 11) is 0. The standard InChI is InChI=1S/C23H31NO2/c1-18(2)21-5-3-19(4-6-21)17-20-11-13-24(14-12-20)15-16-26-23-9-7-22(25)8-10-23/h3-10,18,20,25H,11-17H2,1-2H3. The Labute approximate surface area is 157 Å². The van der Waals surface area contributed by atoms with Crippen molar-refractivity contribution in [3.8, 4) is 11.5 Å². The van der Waals surface area contributed by atoms with Gasteiger partial charge in [0.05, 0.1) is 0 Å². The van der Waals surface area contributed by atoms with Crippen LogP contribution in [0.5, 0.6) is 11.5 Å². The molecule has 1 heterocycles. The van der Waals surface area contributed by atoms with Crippen molar-refractivity contribution >= 4 is 0 Å². The zero-order valence-electron chi connectivity index (χ0n) is 16.0. The molecule has 3 nitrogen and oxygen atoms in total. The van der Waals surface area contributed by atoms with E-state index in [-0.39, 0.29) is 5.75 Å². The lowest BCUT2D eigenvalue weighted by atomic mass is 9.89. The van der Waals surface area contributed by atoms with Gasteiger partial charge in [0.15, 0.2) is 0 Å². The number of phenols is 1. The third-order valence-electron chi connectivity index (χ3n) is 5.39. The fraction of sp³-hybridized carbons (Fsp3) is 0.478. The van der Waals surface area contributed by atoms with Gasteiger partial charge in [-0.3, -0.25) is 4.90 Å². The normalized spacial score (nSPS) is 16.1. The molecule has 26 heavy (non-hydrogen) atoms. The van der Waals surface area contributed by atoms with Crippen LogP contribution < -0.4 is 4.74 Å². The molecule has 0 amide bonds. The summed E-state index contributed by atoms with van der Waals surface area (Å²) >= 11 is 0. The molecule has 1 aliphatic rings. The van der Waals surface area contributed by atoms with Gasteiger partial charge in [-0.2, -0.15) is 0 Å². The maximum Gasteiger partial charge on any atom is 0.119 e. The number of nitrogens with zero attached hydrogens (tertiary/aromatic N) is 1. The first-order valence-corrected chi connectivity index (χ1v) is 9.83. The zero-order valence-corrected chi connectivity index (χ0v) is 16.0. The molecular weight excluding hydrogens is 322 g/mol. The van der Waals surface area contributed by atoms with Gasteiger partial charge >= 0.3 is 0 Å². The van der Waals surface area contributed by atoms with Crippen LogP contribution in [0.3, 0.4) is 0 Å². The van der Waals surface area contributed by atoms with E-state index < -0.39 is 0 Å². The van der Waals surface area contributed by atoms with E-state index in [1.54, 1.807) is 12.1 Å². The van der Waals surface area contributed by atoms with Crippen molar-refractivity contribution in [3.63, 3.8) is 0 Å². The molecule has 0 spiro atoms. The Kier molecular flexibility index (Phi) is 6.56. The maximum absolute atomic E-state index is 9.29. The van der Waals surface area contributed by atoms with Crippen LogP contribution in [-0.2, 0) is 6.42 Å². The molecule has 0 unspecified atom stereocenters. The van der Waals surface area contributed by atoms with Crippen LogP contribution in [0.2, 0.25) is 0 Å². The lowest BCUT2D eigenvalue weighted by Gasteiger charge is -2.32. The van der Waals surface area contributed by atoms with Crippen molar-refractivity contribution < 1.29 is 9.84 Å². The van der Waals surface area contributed by atoms with Crippen molar-refractivity contribution in [1.82, 2.24) is 4.90 Å². The van der Waals surface area contributed by atoms with E-state index in [1.807, 2.05) is 12.1 Å². The summed E-state index contributed by atoms with van der Waals surface area (Å²) in [5.41, 5.74) is 2.90. The minimum absolute atomic E-state index is 0.276. The van der Waals surface area contributed by atoms with E-state index in [0.717, 1.165) is 31.3 Å². The maximum atomic E-state index is 9.29. The second kappa shape index (κ2) is 9.09. The second-order valence-electron chi connectivity index (χ2n) is 7.73. The smallest absolute Gasteiger partial charge is 0.119 e. The predicted octanol–water partition coefficient (Wildman–Crippen LogP) is 4.85. The molecule has 0 radical (unpaired) electrons. The monoisotopic (exact) mass is 353 g/mol. The van der Waals surface area contributed by atoms with Gasteiger partial charge in [0.2, 0.25) is 0 Å². The van der Waals surface area contributed by atoms with E-state index in [9.17, 15) is 5.11 Å².